The van der Waals surface area contributed by atoms with E-state index in [1.54, 1.807) is 26.8 Å². The minimum atomic E-state index is -0.903. The van der Waals surface area contributed by atoms with Crippen molar-refractivity contribution in [2.45, 2.75) is 41.5 Å². The van der Waals surface area contributed by atoms with E-state index in [1.165, 1.54) is 39.0 Å². The van der Waals surface area contributed by atoms with Gasteiger partial charge in [-0.25, -0.2) is 9.59 Å². The van der Waals surface area contributed by atoms with Crippen LogP contribution in [0.15, 0.2) is 24.3 Å². The SMILES string of the molecule is Cc1cc(O)c(C)c(OC(=O)c2c(O)cc(C)c(OC(=O)c3c(C)cc(O)c(C)c3O)c2C)c1. The van der Waals surface area contributed by atoms with Gasteiger partial charge >= 0.3 is 11.9 Å². The van der Waals surface area contributed by atoms with Crippen LogP contribution in [-0.2, 0) is 0 Å². The van der Waals surface area contributed by atoms with E-state index in [-0.39, 0.29) is 51.0 Å². The molecule has 0 aromatic heterocycles. The van der Waals surface area contributed by atoms with Gasteiger partial charge in [-0.2, -0.15) is 0 Å². The zero-order valence-electron chi connectivity index (χ0n) is 19.7. The number of phenolic OH excluding ortho intramolecular Hbond substituents is 4. The highest BCUT2D eigenvalue weighted by Gasteiger charge is 2.26. The molecule has 0 fully saturated rings. The number of aromatic hydroxyl groups is 4. The van der Waals surface area contributed by atoms with Crippen molar-refractivity contribution in [3.63, 3.8) is 0 Å². The van der Waals surface area contributed by atoms with Crippen molar-refractivity contribution < 1.29 is 39.5 Å². The minimum absolute atomic E-state index is 0.0167. The number of hydrogen-bond donors (Lipinski definition) is 4. The molecule has 0 saturated heterocycles. The van der Waals surface area contributed by atoms with Crippen LogP contribution in [0.25, 0.3) is 0 Å². The van der Waals surface area contributed by atoms with E-state index < -0.39 is 17.7 Å². The number of esters is 2. The average Bonchev–Trinajstić information content (AvgIpc) is 2.72. The van der Waals surface area contributed by atoms with Crippen molar-refractivity contribution in [1.29, 1.82) is 0 Å². The Hall–Kier alpha value is -4.20. The predicted molar refractivity (Wildman–Crippen MR) is 124 cm³/mol. The van der Waals surface area contributed by atoms with Gasteiger partial charge in [-0.1, -0.05) is 0 Å². The maximum Gasteiger partial charge on any atom is 0.347 e. The summed E-state index contributed by atoms with van der Waals surface area (Å²) in [6.07, 6.45) is 0. The van der Waals surface area contributed by atoms with Gasteiger partial charge in [-0.15, -0.1) is 0 Å². The first-order valence-electron chi connectivity index (χ1n) is 10.4. The molecule has 0 aliphatic carbocycles. The second-order valence-corrected chi connectivity index (χ2v) is 8.29. The fraction of sp³-hybridized carbons (Fsp3) is 0.231. The molecule has 3 aromatic rings. The van der Waals surface area contributed by atoms with Gasteiger partial charge in [0.1, 0.15) is 45.6 Å². The molecule has 0 spiro atoms. The molecule has 0 amide bonds. The highest BCUT2D eigenvalue weighted by atomic mass is 16.5. The molecule has 4 N–H and O–H groups in total. The van der Waals surface area contributed by atoms with Crippen molar-refractivity contribution >= 4 is 11.9 Å². The summed E-state index contributed by atoms with van der Waals surface area (Å²) < 4.78 is 11.0. The average molecular weight is 466 g/mol. The largest absolute Gasteiger partial charge is 0.508 e. The molecular formula is C26H26O8. The number of carbonyl (C=O) groups excluding carboxylic acids is 2. The third-order valence-electron chi connectivity index (χ3n) is 5.69. The summed E-state index contributed by atoms with van der Waals surface area (Å²) >= 11 is 0. The van der Waals surface area contributed by atoms with E-state index in [2.05, 4.69) is 0 Å². The number of aryl methyl sites for hydroxylation is 3. The number of carbonyl (C=O) groups is 2. The highest BCUT2D eigenvalue weighted by Crippen LogP contribution is 2.37. The van der Waals surface area contributed by atoms with E-state index in [9.17, 15) is 30.0 Å². The molecule has 0 radical (unpaired) electrons. The summed E-state index contributed by atoms with van der Waals surface area (Å²) in [5.74, 6) is -2.63. The highest BCUT2D eigenvalue weighted by molar-refractivity contribution is 5.99. The van der Waals surface area contributed by atoms with Crippen LogP contribution in [0.1, 0.15) is 54.1 Å². The summed E-state index contributed by atoms with van der Waals surface area (Å²) in [5, 5.41) is 40.7. The van der Waals surface area contributed by atoms with Crippen LogP contribution < -0.4 is 9.47 Å². The standard InChI is InChI=1S/C26H26O8/c1-11-7-17(27)14(4)20(8-11)33-26(32)22-16(6)24(13(3)10-19(22)29)34-25(31)21-12(2)9-18(28)15(5)23(21)30/h7-10,27-30H,1-6H3. The van der Waals surface area contributed by atoms with Crippen molar-refractivity contribution in [2.75, 3.05) is 0 Å². The van der Waals surface area contributed by atoms with Crippen molar-refractivity contribution in [3.8, 4) is 34.5 Å². The molecule has 0 aliphatic heterocycles. The number of ether oxygens (including phenoxy) is 2. The summed E-state index contributed by atoms with van der Waals surface area (Å²) in [5.41, 5.74) is 1.63. The lowest BCUT2D eigenvalue weighted by atomic mass is 10.0. The molecule has 8 nitrogen and oxygen atoms in total. The Morgan fingerprint density at radius 3 is 1.82 bits per heavy atom. The molecule has 0 heterocycles. The van der Waals surface area contributed by atoms with Crippen LogP contribution in [0.5, 0.6) is 34.5 Å². The Balaban J connectivity index is 2.02. The third-order valence-corrected chi connectivity index (χ3v) is 5.69. The smallest absolute Gasteiger partial charge is 0.347 e. The summed E-state index contributed by atoms with van der Waals surface area (Å²) in [6, 6.07) is 5.71. The zero-order chi connectivity index (χ0) is 25.5. The Morgan fingerprint density at radius 2 is 1.18 bits per heavy atom. The topological polar surface area (TPSA) is 134 Å². The van der Waals surface area contributed by atoms with Gasteiger partial charge in [-0.05, 0) is 82.5 Å². The molecule has 0 saturated carbocycles. The molecule has 34 heavy (non-hydrogen) atoms. The van der Waals surface area contributed by atoms with Gasteiger partial charge < -0.3 is 29.9 Å². The number of rotatable bonds is 4. The van der Waals surface area contributed by atoms with Crippen LogP contribution in [-0.4, -0.2) is 32.4 Å². The molecule has 0 bridgehead atoms. The van der Waals surface area contributed by atoms with E-state index >= 15 is 0 Å². The Labute approximate surface area is 196 Å². The normalized spacial score (nSPS) is 10.8. The fourth-order valence-electron chi connectivity index (χ4n) is 3.71. The quantitative estimate of drug-likeness (QED) is 0.318. The molecule has 178 valence electrons. The molecule has 0 atom stereocenters. The summed E-state index contributed by atoms with van der Waals surface area (Å²) in [4.78, 5) is 25.9. The second kappa shape index (κ2) is 8.97. The first kappa shape index (κ1) is 24.4. The van der Waals surface area contributed by atoms with Crippen LogP contribution in [0.3, 0.4) is 0 Å². The van der Waals surface area contributed by atoms with Gasteiger partial charge in [0.2, 0.25) is 0 Å². The van der Waals surface area contributed by atoms with Crippen LogP contribution >= 0.6 is 0 Å². The van der Waals surface area contributed by atoms with Crippen LogP contribution in [0.2, 0.25) is 0 Å². The Morgan fingerprint density at radius 1 is 0.618 bits per heavy atom. The molecule has 0 aliphatic rings. The number of phenols is 4. The first-order valence-corrected chi connectivity index (χ1v) is 10.4. The van der Waals surface area contributed by atoms with Crippen molar-refractivity contribution in [2.24, 2.45) is 0 Å². The van der Waals surface area contributed by atoms with Gasteiger partial charge in [0.25, 0.3) is 0 Å². The van der Waals surface area contributed by atoms with E-state index in [0.717, 1.165) is 0 Å². The molecule has 8 heteroatoms. The van der Waals surface area contributed by atoms with Gasteiger partial charge in [-0.3, -0.25) is 0 Å². The third kappa shape index (κ3) is 4.34. The summed E-state index contributed by atoms with van der Waals surface area (Å²) in [7, 11) is 0. The lowest BCUT2D eigenvalue weighted by Crippen LogP contribution is -2.16. The molecule has 3 aromatic carbocycles. The van der Waals surface area contributed by atoms with E-state index in [4.69, 9.17) is 9.47 Å². The van der Waals surface area contributed by atoms with Crippen molar-refractivity contribution in [1.82, 2.24) is 0 Å². The molecule has 3 rings (SSSR count). The maximum absolute atomic E-state index is 13.0. The van der Waals surface area contributed by atoms with Gasteiger partial charge in [0.05, 0.1) is 0 Å². The summed E-state index contributed by atoms with van der Waals surface area (Å²) in [6.45, 7) is 9.38. The fourth-order valence-corrected chi connectivity index (χ4v) is 3.71. The molecular weight excluding hydrogens is 440 g/mol. The monoisotopic (exact) mass is 466 g/mol. The van der Waals surface area contributed by atoms with E-state index in [0.29, 0.717) is 22.3 Å². The number of benzene rings is 3. The lowest BCUT2D eigenvalue weighted by molar-refractivity contribution is 0.0706. The minimum Gasteiger partial charge on any atom is -0.508 e. The Kier molecular flexibility index (Phi) is 6.45. The number of hydrogen-bond acceptors (Lipinski definition) is 8. The van der Waals surface area contributed by atoms with Crippen LogP contribution in [0.4, 0.5) is 0 Å². The van der Waals surface area contributed by atoms with Crippen molar-refractivity contribution in [3.05, 3.63) is 68.8 Å². The maximum atomic E-state index is 13.0. The van der Waals surface area contributed by atoms with Crippen LogP contribution in [0, 0.1) is 41.5 Å². The first-order chi connectivity index (χ1) is 15.8. The van der Waals surface area contributed by atoms with Gasteiger partial charge in [0, 0.05) is 16.7 Å². The predicted octanol–water partition coefficient (Wildman–Crippen LogP) is 4.80. The van der Waals surface area contributed by atoms with Gasteiger partial charge in [0.15, 0.2) is 0 Å². The lowest BCUT2D eigenvalue weighted by Gasteiger charge is -2.17. The zero-order valence-corrected chi connectivity index (χ0v) is 19.7. The molecule has 0 unspecified atom stereocenters. The second-order valence-electron chi connectivity index (χ2n) is 8.29. The Bertz CT molecular complexity index is 1340. The van der Waals surface area contributed by atoms with E-state index in [1.807, 2.05) is 0 Å².